The van der Waals surface area contributed by atoms with Gasteiger partial charge in [-0.1, -0.05) is 46.3 Å². The molecular weight excluding hydrogens is 472 g/mol. The van der Waals surface area contributed by atoms with Crippen molar-refractivity contribution in [1.82, 2.24) is 20.4 Å². The second-order valence-electron chi connectivity index (χ2n) is 10.9. The average molecular weight is 519 g/mol. The van der Waals surface area contributed by atoms with Crippen molar-refractivity contribution < 1.29 is 14.4 Å². The molecule has 3 atom stereocenters. The molecule has 1 aliphatic heterocycles. The zero-order valence-electron chi connectivity index (χ0n) is 23.3. The van der Waals surface area contributed by atoms with Crippen LogP contribution in [0.2, 0.25) is 0 Å². The fourth-order valence-corrected chi connectivity index (χ4v) is 5.43. The van der Waals surface area contributed by atoms with Crippen LogP contribution in [0.4, 0.5) is 0 Å². The largest absolute Gasteiger partial charge is 0.347 e. The molecule has 2 N–H and O–H groups in total. The number of rotatable bonds is 11. The van der Waals surface area contributed by atoms with Crippen molar-refractivity contribution in [2.24, 2.45) is 11.8 Å². The van der Waals surface area contributed by atoms with Gasteiger partial charge < -0.3 is 15.5 Å². The van der Waals surface area contributed by atoms with Crippen LogP contribution >= 0.6 is 11.3 Å². The lowest BCUT2D eigenvalue weighted by Crippen LogP contribution is -2.58. The van der Waals surface area contributed by atoms with Gasteiger partial charge in [0.25, 0.3) is 0 Å². The summed E-state index contributed by atoms with van der Waals surface area (Å²) >= 11 is 1.60. The highest BCUT2D eigenvalue weighted by Gasteiger charge is 2.36. The van der Waals surface area contributed by atoms with E-state index in [9.17, 15) is 14.4 Å². The maximum Gasteiger partial charge on any atom is 0.246 e. The van der Waals surface area contributed by atoms with Gasteiger partial charge in [-0.3, -0.25) is 19.3 Å². The number of piperidine rings is 1. The van der Waals surface area contributed by atoms with E-state index < -0.39 is 6.04 Å². The summed E-state index contributed by atoms with van der Waals surface area (Å²) in [6.07, 6.45) is 4.80. The van der Waals surface area contributed by atoms with Crippen molar-refractivity contribution in [3.8, 4) is 0 Å². The Morgan fingerprint density at radius 1 is 1.14 bits per heavy atom. The molecule has 1 aromatic rings. The van der Waals surface area contributed by atoms with Crippen molar-refractivity contribution in [2.45, 2.75) is 98.4 Å². The number of amides is 3. The van der Waals surface area contributed by atoms with E-state index in [1.807, 2.05) is 51.3 Å². The zero-order valence-corrected chi connectivity index (χ0v) is 24.2. The average Bonchev–Trinajstić information content (AvgIpc) is 3.36. The summed E-state index contributed by atoms with van der Waals surface area (Å²) in [6.45, 7) is 15.4. The van der Waals surface area contributed by atoms with Crippen LogP contribution < -0.4 is 10.6 Å². The quantitative estimate of drug-likeness (QED) is 0.430. The predicted octanol–water partition coefficient (Wildman–Crippen LogP) is 4.20. The van der Waals surface area contributed by atoms with Gasteiger partial charge >= 0.3 is 0 Å². The van der Waals surface area contributed by atoms with E-state index in [0.29, 0.717) is 12.1 Å². The summed E-state index contributed by atoms with van der Waals surface area (Å²) in [5, 5.41) is 8.02. The molecule has 0 bridgehead atoms. The second kappa shape index (κ2) is 13.9. The lowest BCUT2D eigenvalue weighted by Gasteiger charge is -2.39. The Labute approximate surface area is 221 Å². The molecule has 0 spiro atoms. The van der Waals surface area contributed by atoms with Gasteiger partial charge in [0, 0.05) is 23.5 Å². The Bertz CT molecular complexity index is 895. The van der Waals surface area contributed by atoms with Gasteiger partial charge in [-0.2, -0.15) is 0 Å². The molecule has 36 heavy (non-hydrogen) atoms. The molecule has 0 saturated carbocycles. The SMILES string of the molecule is C/C(=C\[C@H](C(C)C)N(C)C(=O)C(NC(=O)[C@H]1CCCCN1C(C)C)C(C)C)C(=O)NCc1cccs1. The van der Waals surface area contributed by atoms with Crippen LogP contribution in [0.25, 0.3) is 0 Å². The normalized spacial score (nSPS) is 18.9. The van der Waals surface area contributed by atoms with Crippen molar-refractivity contribution >= 4 is 29.1 Å². The van der Waals surface area contributed by atoms with Crippen molar-refractivity contribution in [3.05, 3.63) is 34.0 Å². The van der Waals surface area contributed by atoms with E-state index in [0.717, 1.165) is 30.7 Å². The number of carbonyl (C=O) groups excluding carboxylic acids is 3. The maximum atomic E-state index is 13.7. The summed E-state index contributed by atoms with van der Waals surface area (Å²) in [5.41, 5.74) is 0.574. The van der Waals surface area contributed by atoms with E-state index in [2.05, 4.69) is 29.4 Å². The van der Waals surface area contributed by atoms with Gasteiger partial charge in [-0.15, -0.1) is 11.3 Å². The molecule has 202 valence electrons. The molecular formula is C28H46N4O3S. The second-order valence-corrected chi connectivity index (χ2v) is 11.9. The molecule has 1 saturated heterocycles. The summed E-state index contributed by atoms with van der Waals surface area (Å²) in [5.74, 6) is -0.310. The molecule has 2 rings (SSSR count). The third kappa shape index (κ3) is 8.17. The molecule has 1 fully saturated rings. The number of carbonyl (C=O) groups is 3. The summed E-state index contributed by atoms with van der Waals surface area (Å²) in [7, 11) is 1.77. The minimum atomic E-state index is -0.624. The van der Waals surface area contributed by atoms with Crippen molar-refractivity contribution in [1.29, 1.82) is 0 Å². The molecule has 0 radical (unpaired) electrons. The molecule has 0 aliphatic carbocycles. The molecule has 1 unspecified atom stereocenters. The smallest absolute Gasteiger partial charge is 0.246 e. The Balaban J connectivity index is 2.13. The van der Waals surface area contributed by atoms with E-state index in [4.69, 9.17) is 0 Å². The molecule has 0 aromatic carbocycles. The number of nitrogens with one attached hydrogen (secondary N) is 2. The fraction of sp³-hybridized carbons (Fsp3) is 0.679. The van der Waals surface area contributed by atoms with E-state index in [1.165, 1.54) is 0 Å². The molecule has 2 heterocycles. The first-order chi connectivity index (χ1) is 16.9. The van der Waals surface area contributed by atoms with Crippen LogP contribution in [0, 0.1) is 11.8 Å². The predicted molar refractivity (Wildman–Crippen MR) is 148 cm³/mol. The first kappa shape index (κ1) is 30.0. The van der Waals surface area contributed by atoms with Gasteiger partial charge in [0.2, 0.25) is 17.7 Å². The minimum absolute atomic E-state index is 0.0630. The summed E-state index contributed by atoms with van der Waals surface area (Å²) in [6, 6.07) is 3.13. The van der Waals surface area contributed by atoms with Crippen LogP contribution in [0.5, 0.6) is 0 Å². The highest BCUT2D eigenvalue weighted by atomic mass is 32.1. The molecule has 7 nitrogen and oxygen atoms in total. The lowest BCUT2D eigenvalue weighted by atomic mass is 9.95. The van der Waals surface area contributed by atoms with Crippen LogP contribution in [0.3, 0.4) is 0 Å². The van der Waals surface area contributed by atoms with Crippen LogP contribution in [0.1, 0.15) is 72.6 Å². The Morgan fingerprint density at radius 3 is 2.39 bits per heavy atom. The zero-order chi connectivity index (χ0) is 27.0. The van der Waals surface area contributed by atoms with Crippen LogP contribution in [-0.4, -0.2) is 65.3 Å². The molecule has 1 aromatic heterocycles. The van der Waals surface area contributed by atoms with Gasteiger partial charge in [0.1, 0.15) is 6.04 Å². The Hall–Kier alpha value is -2.19. The summed E-state index contributed by atoms with van der Waals surface area (Å²) in [4.78, 5) is 44.7. The highest BCUT2D eigenvalue weighted by Crippen LogP contribution is 2.21. The standard InChI is InChI=1S/C28H46N4O3S/c1-18(2)24(16-21(7)26(33)29-17-22-12-11-15-36-22)31(8)28(35)25(19(3)4)30-27(34)23-13-9-10-14-32(23)20(5)6/h11-12,15-16,18-20,23-25H,9-10,13-14,17H2,1-8H3,(H,29,33)(H,30,34)/b21-16+/t23-,24-,25?/m1/s1. The van der Waals surface area contributed by atoms with Crippen LogP contribution in [0.15, 0.2) is 29.2 Å². The summed E-state index contributed by atoms with van der Waals surface area (Å²) < 4.78 is 0. The Kier molecular flexibility index (Phi) is 11.6. The highest BCUT2D eigenvalue weighted by molar-refractivity contribution is 7.09. The monoisotopic (exact) mass is 518 g/mol. The lowest BCUT2D eigenvalue weighted by molar-refractivity contribution is -0.140. The first-order valence-electron chi connectivity index (χ1n) is 13.3. The number of likely N-dealkylation sites (N-methyl/N-ethyl adjacent to an activating group) is 1. The number of nitrogens with zero attached hydrogens (tertiary/aromatic N) is 2. The number of likely N-dealkylation sites (tertiary alicyclic amines) is 1. The maximum absolute atomic E-state index is 13.7. The Morgan fingerprint density at radius 2 is 1.83 bits per heavy atom. The van der Waals surface area contributed by atoms with Gasteiger partial charge in [-0.05, 0) is 63.4 Å². The first-order valence-corrected chi connectivity index (χ1v) is 14.1. The van der Waals surface area contributed by atoms with Gasteiger partial charge in [0.15, 0.2) is 0 Å². The van der Waals surface area contributed by atoms with Crippen molar-refractivity contribution in [3.63, 3.8) is 0 Å². The molecule has 8 heteroatoms. The third-order valence-electron chi connectivity index (χ3n) is 7.00. The molecule has 1 aliphatic rings. The third-order valence-corrected chi connectivity index (χ3v) is 7.88. The number of hydrogen-bond donors (Lipinski definition) is 2. The van der Waals surface area contributed by atoms with E-state index in [1.54, 1.807) is 30.2 Å². The van der Waals surface area contributed by atoms with E-state index in [-0.39, 0.29) is 47.7 Å². The van der Waals surface area contributed by atoms with E-state index >= 15 is 0 Å². The van der Waals surface area contributed by atoms with Gasteiger partial charge in [0.05, 0.1) is 18.6 Å². The fourth-order valence-electron chi connectivity index (χ4n) is 4.79. The van der Waals surface area contributed by atoms with Crippen LogP contribution in [-0.2, 0) is 20.9 Å². The number of thiophene rings is 1. The number of hydrogen-bond acceptors (Lipinski definition) is 5. The topological polar surface area (TPSA) is 81.8 Å². The minimum Gasteiger partial charge on any atom is -0.347 e. The molecule has 3 amide bonds. The van der Waals surface area contributed by atoms with Gasteiger partial charge in [-0.25, -0.2) is 0 Å². The van der Waals surface area contributed by atoms with Crippen molar-refractivity contribution in [2.75, 3.05) is 13.6 Å².